The second-order valence-electron chi connectivity index (χ2n) is 11.2. The van der Waals surface area contributed by atoms with E-state index in [4.69, 9.17) is 33.6 Å². The first-order valence-electron chi connectivity index (χ1n) is 15.9. The van der Waals surface area contributed by atoms with Crippen LogP contribution in [0.1, 0.15) is 59.3 Å². The van der Waals surface area contributed by atoms with E-state index >= 15 is 0 Å². The van der Waals surface area contributed by atoms with E-state index < -0.39 is 61.0 Å². The minimum atomic E-state index is -1.61. The van der Waals surface area contributed by atoms with Crippen LogP contribution >= 0.6 is 0 Å². The predicted octanol–water partition coefficient (Wildman–Crippen LogP) is 5.85. The van der Waals surface area contributed by atoms with Gasteiger partial charge in [0.25, 0.3) is 0 Å². The predicted molar refractivity (Wildman–Crippen MR) is 178 cm³/mol. The number of esters is 4. The van der Waals surface area contributed by atoms with Gasteiger partial charge in [-0.3, -0.25) is 0 Å². The van der Waals surface area contributed by atoms with Gasteiger partial charge in [0, 0.05) is 4.91 Å². The van der Waals surface area contributed by atoms with Crippen LogP contribution in [-0.4, -0.2) is 65.1 Å². The number of benzene rings is 4. The third-order valence-corrected chi connectivity index (χ3v) is 7.77. The second kappa shape index (κ2) is 16.7. The summed E-state index contributed by atoms with van der Waals surface area (Å²) in [5, 5.41) is 11.4. The van der Waals surface area contributed by atoms with Crippen molar-refractivity contribution in [3.05, 3.63) is 166 Å². The van der Waals surface area contributed by atoms with Gasteiger partial charge in [0.2, 0.25) is 11.8 Å². The quantitative estimate of drug-likeness (QED) is 0.0494. The SMILES string of the molecule is [N-]=[N+]=NCc1nnc([C@@H]2O[C@H](COC(=O)c3ccccc3)[C@@H](OC(=O)c3ccccc3)[C@H](OC(=O)c3ccccc3)[C@H]2OC(=O)c2ccccc2)o1. The van der Waals surface area contributed by atoms with E-state index in [9.17, 15) is 19.2 Å². The summed E-state index contributed by atoms with van der Waals surface area (Å²) in [5.41, 5.74) is 9.46. The minimum Gasteiger partial charge on any atom is -0.459 e. The summed E-state index contributed by atoms with van der Waals surface area (Å²) in [6, 6.07) is 32.1. The van der Waals surface area contributed by atoms with Crippen LogP contribution in [-0.2, 0) is 30.2 Å². The van der Waals surface area contributed by atoms with E-state index in [0.717, 1.165) is 0 Å². The van der Waals surface area contributed by atoms with E-state index in [1.807, 2.05) is 0 Å². The Morgan fingerprint density at radius 2 is 1.06 bits per heavy atom. The lowest BCUT2D eigenvalue weighted by molar-refractivity contribution is -0.236. The Morgan fingerprint density at radius 1 is 0.615 bits per heavy atom. The largest absolute Gasteiger partial charge is 0.459 e. The Morgan fingerprint density at radius 3 is 1.54 bits per heavy atom. The van der Waals surface area contributed by atoms with Gasteiger partial charge in [-0.05, 0) is 54.1 Å². The third-order valence-electron chi connectivity index (χ3n) is 7.77. The summed E-state index contributed by atoms with van der Waals surface area (Å²) < 4.78 is 35.8. The lowest BCUT2D eigenvalue weighted by atomic mass is 9.93. The lowest BCUT2D eigenvalue weighted by Crippen LogP contribution is -2.60. The van der Waals surface area contributed by atoms with E-state index in [0.29, 0.717) is 0 Å². The highest BCUT2D eigenvalue weighted by atomic mass is 16.7. The van der Waals surface area contributed by atoms with Gasteiger partial charge in [0.1, 0.15) is 19.3 Å². The zero-order valence-electron chi connectivity index (χ0n) is 27.2. The molecule has 1 saturated heterocycles. The number of nitrogens with zero attached hydrogens (tertiary/aromatic N) is 5. The first-order valence-corrected chi connectivity index (χ1v) is 15.9. The van der Waals surface area contributed by atoms with Gasteiger partial charge in [0.05, 0.1) is 22.3 Å². The first kappa shape index (κ1) is 35.0. The van der Waals surface area contributed by atoms with Crippen molar-refractivity contribution in [3.8, 4) is 0 Å². The molecule has 4 aromatic carbocycles. The summed E-state index contributed by atoms with van der Waals surface area (Å²) in [6.07, 6.45) is -7.60. The number of hydrogen-bond donors (Lipinski definition) is 0. The Bertz CT molecular complexity index is 2040. The monoisotopic (exact) mass is 703 g/mol. The topological polar surface area (TPSA) is 202 Å². The molecule has 0 unspecified atom stereocenters. The molecule has 1 aromatic heterocycles. The summed E-state index contributed by atoms with van der Waals surface area (Å²) in [4.78, 5) is 56.7. The van der Waals surface area contributed by atoms with Crippen molar-refractivity contribution in [1.82, 2.24) is 10.2 Å². The average Bonchev–Trinajstić information content (AvgIpc) is 3.67. The molecule has 0 N–H and O–H groups in total. The van der Waals surface area contributed by atoms with Crippen LogP contribution < -0.4 is 0 Å². The molecule has 1 aliphatic heterocycles. The molecule has 1 fully saturated rings. The number of aromatic nitrogens is 2. The zero-order valence-corrected chi connectivity index (χ0v) is 27.2. The van der Waals surface area contributed by atoms with Crippen LogP contribution in [0.25, 0.3) is 10.4 Å². The molecule has 262 valence electrons. The Hall–Kier alpha value is -6.83. The van der Waals surface area contributed by atoms with Crippen molar-refractivity contribution >= 4 is 23.9 Å². The molecule has 0 amide bonds. The molecule has 0 radical (unpaired) electrons. The highest BCUT2D eigenvalue weighted by molar-refractivity contribution is 5.91. The van der Waals surface area contributed by atoms with E-state index in [1.54, 1.807) is 84.9 Å². The van der Waals surface area contributed by atoms with E-state index in [1.165, 1.54) is 36.4 Å². The molecule has 0 aliphatic carbocycles. The molecule has 1 aliphatic rings. The van der Waals surface area contributed by atoms with Crippen molar-refractivity contribution in [2.24, 2.45) is 5.11 Å². The third kappa shape index (κ3) is 8.48. The summed E-state index contributed by atoms with van der Waals surface area (Å²) in [6.45, 7) is -0.845. The fraction of sp³-hybridized carbons (Fsp3) is 0.189. The van der Waals surface area contributed by atoms with Crippen molar-refractivity contribution in [1.29, 1.82) is 0 Å². The molecule has 0 spiro atoms. The highest BCUT2D eigenvalue weighted by Crippen LogP contribution is 2.38. The van der Waals surface area contributed by atoms with Crippen LogP contribution in [0.2, 0.25) is 0 Å². The normalized spacial score (nSPS) is 19.3. The van der Waals surface area contributed by atoms with E-state index in [-0.39, 0.29) is 40.6 Å². The summed E-state index contributed by atoms with van der Waals surface area (Å²) in [7, 11) is 0. The second-order valence-corrected chi connectivity index (χ2v) is 11.2. The smallest absolute Gasteiger partial charge is 0.338 e. The fourth-order valence-electron chi connectivity index (χ4n) is 5.30. The molecule has 6 rings (SSSR count). The maximum Gasteiger partial charge on any atom is 0.338 e. The summed E-state index contributed by atoms with van der Waals surface area (Å²) >= 11 is 0. The Labute approximate surface area is 295 Å². The molecular weight excluding hydrogens is 674 g/mol. The number of carbonyl (C=O) groups is 4. The number of hydrogen-bond acceptors (Lipinski definition) is 13. The number of rotatable bonds is 12. The average molecular weight is 704 g/mol. The summed E-state index contributed by atoms with van der Waals surface area (Å²) in [5.74, 6) is -3.64. The molecule has 5 aromatic rings. The molecule has 5 atom stereocenters. The molecule has 52 heavy (non-hydrogen) atoms. The van der Waals surface area contributed by atoms with Gasteiger partial charge < -0.3 is 28.1 Å². The number of carbonyl (C=O) groups excluding carboxylic acids is 4. The highest BCUT2D eigenvalue weighted by Gasteiger charge is 2.55. The van der Waals surface area contributed by atoms with Crippen molar-refractivity contribution in [3.63, 3.8) is 0 Å². The number of azide groups is 1. The van der Waals surface area contributed by atoms with Gasteiger partial charge in [-0.2, -0.15) is 0 Å². The molecule has 0 bridgehead atoms. The van der Waals surface area contributed by atoms with Gasteiger partial charge >= 0.3 is 23.9 Å². The standard InChI is InChI=1S/C37H29N5O10/c38-42-39-21-28-40-41-33(49-28)32-31(52-37(46)26-19-11-4-12-20-26)30(51-36(45)25-17-9-3-10-18-25)29(50-35(44)24-15-7-2-8-16-24)27(48-32)22-47-34(43)23-13-5-1-6-14-23/h1-20,27,29-32H,21-22H2/t27-,29-,30+,31-,32-/m1/s1. The van der Waals surface area contributed by atoms with Crippen molar-refractivity contribution < 1.29 is 47.3 Å². The van der Waals surface area contributed by atoms with Gasteiger partial charge in [-0.1, -0.05) is 77.9 Å². The van der Waals surface area contributed by atoms with Gasteiger partial charge in [-0.15, -0.1) is 10.2 Å². The first-order chi connectivity index (χ1) is 25.4. The van der Waals surface area contributed by atoms with Crippen molar-refractivity contribution in [2.45, 2.75) is 37.1 Å². The maximum atomic E-state index is 13.7. The molecule has 2 heterocycles. The van der Waals surface area contributed by atoms with E-state index in [2.05, 4.69) is 20.2 Å². The molecule has 0 saturated carbocycles. The van der Waals surface area contributed by atoms with Gasteiger partial charge in [0.15, 0.2) is 24.4 Å². The minimum absolute atomic E-state index is 0.105. The van der Waals surface area contributed by atoms with Crippen LogP contribution in [0.4, 0.5) is 0 Å². The van der Waals surface area contributed by atoms with Crippen molar-refractivity contribution in [2.75, 3.05) is 6.61 Å². The fourth-order valence-corrected chi connectivity index (χ4v) is 5.30. The molecular formula is C37H29N5O10. The Kier molecular flexibility index (Phi) is 11.3. The zero-order chi connectivity index (χ0) is 36.3. The van der Waals surface area contributed by atoms with Crippen LogP contribution in [0.15, 0.2) is 131 Å². The van der Waals surface area contributed by atoms with Gasteiger partial charge in [-0.25, -0.2) is 19.2 Å². The van der Waals surface area contributed by atoms with Crippen LogP contribution in [0, 0.1) is 0 Å². The molecule has 15 nitrogen and oxygen atoms in total. The molecule has 15 heteroatoms. The maximum absolute atomic E-state index is 13.7. The Balaban J connectivity index is 1.44. The number of ether oxygens (including phenoxy) is 5. The lowest BCUT2D eigenvalue weighted by Gasteiger charge is -2.43. The van der Waals surface area contributed by atoms with Crippen LogP contribution in [0.5, 0.6) is 0 Å². The van der Waals surface area contributed by atoms with Crippen LogP contribution in [0.3, 0.4) is 0 Å².